The number of benzene rings is 3. The van der Waals surface area contributed by atoms with Gasteiger partial charge in [-0.2, -0.15) is 0 Å². The van der Waals surface area contributed by atoms with Crippen LogP contribution in [0.5, 0.6) is 0 Å². The highest BCUT2D eigenvalue weighted by Gasteiger charge is 2.16. The molecule has 0 saturated carbocycles. The van der Waals surface area contributed by atoms with E-state index in [-0.39, 0.29) is 11.9 Å². The minimum Gasteiger partial charge on any atom is -0.348 e. The second kappa shape index (κ2) is 9.56. The van der Waals surface area contributed by atoms with E-state index in [0.717, 1.165) is 36.2 Å². The number of hydrogen-bond donors (Lipinski definition) is 1. The first kappa shape index (κ1) is 21.4. The molecule has 4 nitrogen and oxygen atoms in total. The summed E-state index contributed by atoms with van der Waals surface area (Å²) >= 11 is 0. The number of aryl methyl sites for hydroxylation is 1. The van der Waals surface area contributed by atoms with E-state index in [4.69, 9.17) is 0 Å². The number of aromatic nitrogens is 2. The van der Waals surface area contributed by atoms with Crippen LogP contribution in [0.3, 0.4) is 0 Å². The first-order valence-electron chi connectivity index (χ1n) is 10.4. The minimum absolute atomic E-state index is 0.00167. The van der Waals surface area contributed by atoms with Crippen molar-refractivity contribution in [2.75, 3.05) is 0 Å². The normalized spacial score (nSPS) is 11.8. The Labute approximate surface area is 185 Å². The van der Waals surface area contributed by atoms with Crippen LogP contribution in [0, 0.1) is 11.6 Å². The molecule has 1 aromatic heterocycles. The van der Waals surface area contributed by atoms with E-state index in [0.29, 0.717) is 11.3 Å². The fourth-order valence-corrected chi connectivity index (χ4v) is 3.56. The Balaban J connectivity index is 1.44. The van der Waals surface area contributed by atoms with E-state index in [1.165, 1.54) is 17.8 Å². The summed E-state index contributed by atoms with van der Waals surface area (Å²) in [6, 6.07) is 21.2. The van der Waals surface area contributed by atoms with Crippen molar-refractivity contribution in [3.8, 4) is 16.8 Å². The van der Waals surface area contributed by atoms with Crippen LogP contribution in [0.2, 0.25) is 0 Å². The predicted molar refractivity (Wildman–Crippen MR) is 121 cm³/mol. The van der Waals surface area contributed by atoms with Gasteiger partial charge in [-0.05, 0) is 60.7 Å². The van der Waals surface area contributed by atoms with E-state index in [2.05, 4.69) is 22.4 Å². The summed E-state index contributed by atoms with van der Waals surface area (Å²) in [6.07, 6.45) is 4.82. The zero-order valence-electron chi connectivity index (χ0n) is 17.6. The molecular formula is C26H23F2N3O. The van der Waals surface area contributed by atoms with Gasteiger partial charge in [0.2, 0.25) is 0 Å². The van der Waals surface area contributed by atoms with Crippen LogP contribution in [0.15, 0.2) is 85.3 Å². The molecule has 0 aliphatic carbocycles. The fraction of sp³-hybridized carbons (Fsp3) is 0.154. The molecule has 0 saturated heterocycles. The molecule has 1 N–H and O–H groups in total. The van der Waals surface area contributed by atoms with E-state index in [1.54, 1.807) is 23.0 Å². The van der Waals surface area contributed by atoms with Crippen molar-refractivity contribution in [3.05, 3.63) is 108 Å². The summed E-state index contributed by atoms with van der Waals surface area (Å²) in [6.45, 7) is 1.98. The lowest BCUT2D eigenvalue weighted by Gasteiger charge is -2.15. The molecule has 4 aromatic rings. The first-order chi connectivity index (χ1) is 15.5. The third-order valence-electron chi connectivity index (χ3n) is 5.36. The number of nitrogens with zero attached hydrogens (tertiary/aromatic N) is 2. The standard InChI is InChI=1S/C26H23F2N3O/c1-18(7-8-19-5-3-2-4-6-19)30-26(32)25-16-29-17-31(25)22-12-9-20(10-13-22)21-11-14-23(27)24(28)15-21/h2-6,9-18H,7-8H2,1H3,(H,30,32)/t18-/m0/s1. The summed E-state index contributed by atoms with van der Waals surface area (Å²) < 4.78 is 28.4. The summed E-state index contributed by atoms with van der Waals surface area (Å²) in [5.41, 5.74) is 3.73. The van der Waals surface area contributed by atoms with Crippen LogP contribution < -0.4 is 5.32 Å². The quantitative estimate of drug-likeness (QED) is 0.416. The molecule has 1 atom stereocenters. The average molecular weight is 431 g/mol. The summed E-state index contributed by atoms with van der Waals surface area (Å²) in [5.74, 6) is -1.97. The van der Waals surface area contributed by atoms with Crippen LogP contribution in [-0.4, -0.2) is 21.5 Å². The molecule has 0 aliphatic rings. The van der Waals surface area contributed by atoms with Gasteiger partial charge < -0.3 is 5.32 Å². The zero-order chi connectivity index (χ0) is 22.5. The van der Waals surface area contributed by atoms with Crippen LogP contribution in [0.1, 0.15) is 29.4 Å². The maximum absolute atomic E-state index is 13.5. The molecule has 0 aliphatic heterocycles. The second-order valence-electron chi connectivity index (χ2n) is 7.72. The summed E-state index contributed by atoms with van der Waals surface area (Å²) in [4.78, 5) is 17.0. The molecule has 1 heterocycles. The predicted octanol–water partition coefficient (Wildman–Crippen LogP) is 5.57. The van der Waals surface area contributed by atoms with Crippen molar-refractivity contribution in [3.63, 3.8) is 0 Å². The number of imidazole rings is 1. The van der Waals surface area contributed by atoms with Gasteiger partial charge in [-0.1, -0.05) is 48.5 Å². The zero-order valence-corrected chi connectivity index (χ0v) is 17.6. The minimum atomic E-state index is -0.887. The number of hydrogen-bond acceptors (Lipinski definition) is 2. The van der Waals surface area contributed by atoms with Gasteiger partial charge in [0.05, 0.1) is 12.5 Å². The molecular weight excluding hydrogens is 408 g/mol. The molecule has 0 bridgehead atoms. The monoisotopic (exact) mass is 431 g/mol. The smallest absolute Gasteiger partial charge is 0.270 e. The average Bonchev–Trinajstić information content (AvgIpc) is 3.30. The van der Waals surface area contributed by atoms with Crippen molar-refractivity contribution < 1.29 is 13.6 Å². The van der Waals surface area contributed by atoms with Crippen LogP contribution >= 0.6 is 0 Å². The molecule has 0 spiro atoms. The third kappa shape index (κ3) is 4.91. The van der Waals surface area contributed by atoms with Crippen molar-refractivity contribution in [1.29, 1.82) is 0 Å². The van der Waals surface area contributed by atoms with Crippen LogP contribution in [-0.2, 0) is 6.42 Å². The van der Waals surface area contributed by atoms with E-state index in [9.17, 15) is 13.6 Å². The van der Waals surface area contributed by atoms with Crippen molar-refractivity contribution in [1.82, 2.24) is 14.9 Å². The molecule has 32 heavy (non-hydrogen) atoms. The number of halogens is 2. The van der Waals surface area contributed by atoms with Crippen molar-refractivity contribution in [2.24, 2.45) is 0 Å². The number of amides is 1. The topological polar surface area (TPSA) is 46.9 Å². The molecule has 4 rings (SSSR count). The van der Waals surface area contributed by atoms with E-state index >= 15 is 0 Å². The lowest BCUT2D eigenvalue weighted by Crippen LogP contribution is -2.34. The van der Waals surface area contributed by atoms with Gasteiger partial charge in [-0.15, -0.1) is 0 Å². The maximum Gasteiger partial charge on any atom is 0.270 e. The first-order valence-corrected chi connectivity index (χ1v) is 10.4. The van der Waals surface area contributed by atoms with E-state index in [1.807, 2.05) is 37.3 Å². The lowest BCUT2D eigenvalue weighted by atomic mass is 10.1. The largest absolute Gasteiger partial charge is 0.348 e. The Morgan fingerprint density at radius 1 is 0.969 bits per heavy atom. The molecule has 0 unspecified atom stereocenters. The van der Waals surface area contributed by atoms with Gasteiger partial charge in [0.15, 0.2) is 11.6 Å². The molecule has 6 heteroatoms. The Hall–Kier alpha value is -3.80. The Morgan fingerprint density at radius 2 is 1.69 bits per heavy atom. The summed E-state index contributed by atoms with van der Waals surface area (Å²) in [7, 11) is 0. The lowest BCUT2D eigenvalue weighted by molar-refractivity contribution is 0.0931. The maximum atomic E-state index is 13.5. The van der Waals surface area contributed by atoms with Gasteiger partial charge >= 0.3 is 0 Å². The van der Waals surface area contributed by atoms with E-state index < -0.39 is 11.6 Å². The van der Waals surface area contributed by atoms with Gasteiger partial charge in [0, 0.05) is 11.7 Å². The second-order valence-corrected chi connectivity index (χ2v) is 7.72. The molecule has 162 valence electrons. The third-order valence-corrected chi connectivity index (χ3v) is 5.36. The van der Waals surface area contributed by atoms with Crippen molar-refractivity contribution in [2.45, 2.75) is 25.8 Å². The number of carbonyl (C=O) groups is 1. The van der Waals surface area contributed by atoms with Crippen LogP contribution in [0.25, 0.3) is 16.8 Å². The molecule has 0 radical (unpaired) electrons. The molecule has 0 fully saturated rings. The molecule has 1 amide bonds. The highest BCUT2D eigenvalue weighted by Crippen LogP contribution is 2.23. The number of rotatable bonds is 7. The SMILES string of the molecule is C[C@@H](CCc1ccccc1)NC(=O)c1cncn1-c1ccc(-c2ccc(F)c(F)c2)cc1. The Bertz CT molecular complexity index is 1200. The summed E-state index contributed by atoms with van der Waals surface area (Å²) in [5, 5.41) is 3.03. The Morgan fingerprint density at radius 3 is 2.41 bits per heavy atom. The van der Waals surface area contributed by atoms with Gasteiger partial charge in [0.25, 0.3) is 5.91 Å². The fourth-order valence-electron chi connectivity index (χ4n) is 3.56. The Kier molecular flexibility index (Phi) is 6.40. The molecule has 3 aromatic carbocycles. The number of carbonyl (C=O) groups excluding carboxylic acids is 1. The highest BCUT2D eigenvalue weighted by atomic mass is 19.2. The number of nitrogens with one attached hydrogen (secondary N) is 1. The highest BCUT2D eigenvalue weighted by molar-refractivity contribution is 5.93. The van der Waals surface area contributed by atoms with Gasteiger partial charge in [-0.25, -0.2) is 13.8 Å². The van der Waals surface area contributed by atoms with Crippen LogP contribution in [0.4, 0.5) is 8.78 Å². The van der Waals surface area contributed by atoms with Gasteiger partial charge in [-0.3, -0.25) is 9.36 Å². The van der Waals surface area contributed by atoms with Crippen molar-refractivity contribution >= 4 is 5.91 Å². The van der Waals surface area contributed by atoms with Gasteiger partial charge in [0.1, 0.15) is 5.69 Å².